The van der Waals surface area contributed by atoms with E-state index in [1.807, 2.05) is 38.7 Å². The second-order valence-corrected chi connectivity index (χ2v) is 3.30. The summed E-state index contributed by atoms with van der Waals surface area (Å²) in [6.07, 6.45) is 0. The summed E-state index contributed by atoms with van der Waals surface area (Å²) >= 11 is 0. The van der Waals surface area contributed by atoms with Crippen LogP contribution in [-0.4, -0.2) is 12.0 Å². The molecule has 0 saturated carbocycles. The van der Waals surface area contributed by atoms with Gasteiger partial charge in [-0.2, -0.15) is 0 Å². The van der Waals surface area contributed by atoms with Gasteiger partial charge in [-0.05, 0) is 31.7 Å². The smallest absolute Gasteiger partial charge is 0.0708 e. The number of hydrogen-bond acceptors (Lipinski definition) is 2. The molecule has 71 valence electrons. The number of rotatable bonds is 2. The van der Waals surface area contributed by atoms with Gasteiger partial charge < -0.3 is 5.32 Å². The molecule has 2 nitrogen and oxygen atoms in total. The Bertz CT molecular complexity index is 449. The van der Waals surface area contributed by atoms with Gasteiger partial charge in [-0.25, -0.2) is 0 Å². The Morgan fingerprint density at radius 2 is 2.07 bits per heavy atom. The number of nitrogens with zero attached hydrogens (tertiary/aromatic N) is 1. The third-order valence-electron chi connectivity index (χ3n) is 2.18. The average molecular weight is 185 g/mol. The van der Waals surface area contributed by atoms with Crippen LogP contribution in [0.5, 0.6) is 0 Å². The van der Waals surface area contributed by atoms with Crippen LogP contribution < -0.4 is 5.32 Å². The van der Waals surface area contributed by atoms with Crippen molar-refractivity contribution in [1.82, 2.24) is 10.3 Å². The lowest BCUT2D eigenvalue weighted by Gasteiger charge is -2.06. The summed E-state index contributed by atoms with van der Waals surface area (Å²) in [4.78, 5) is 4.47. The lowest BCUT2D eigenvalue weighted by Crippen LogP contribution is -2.03. The number of nitrogens with one attached hydrogen (secondary N) is 1. The monoisotopic (exact) mass is 185 g/mol. The first-order valence-electron chi connectivity index (χ1n) is 4.68. The van der Waals surface area contributed by atoms with Gasteiger partial charge in [-0.3, -0.25) is 4.98 Å². The molecule has 0 fully saturated rings. The molecule has 1 radical (unpaired) electrons. The highest BCUT2D eigenvalue weighted by Crippen LogP contribution is 2.18. The first-order chi connectivity index (χ1) is 6.81. The Morgan fingerprint density at radius 1 is 1.29 bits per heavy atom. The van der Waals surface area contributed by atoms with Crippen molar-refractivity contribution < 1.29 is 0 Å². The van der Waals surface area contributed by atoms with E-state index < -0.39 is 0 Å². The van der Waals surface area contributed by atoms with Crippen LogP contribution >= 0.6 is 0 Å². The Kier molecular flexibility index (Phi) is 2.46. The number of pyridine rings is 1. The maximum atomic E-state index is 4.47. The van der Waals surface area contributed by atoms with E-state index in [1.54, 1.807) is 0 Å². The zero-order valence-corrected chi connectivity index (χ0v) is 8.41. The van der Waals surface area contributed by atoms with Crippen LogP contribution in [0.1, 0.15) is 11.3 Å². The van der Waals surface area contributed by atoms with Crippen molar-refractivity contribution in [2.45, 2.75) is 6.92 Å². The lowest BCUT2D eigenvalue weighted by molar-refractivity contribution is 1.01. The SMILES string of the molecule is CN[CH]c1cc(C)nc2ccccc12. The molecule has 0 bridgehead atoms. The highest BCUT2D eigenvalue weighted by atomic mass is 14.8. The van der Waals surface area contributed by atoms with Crippen molar-refractivity contribution in [2.75, 3.05) is 7.05 Å². The number of para-hydroxylation sites is 1. The first-order valence-corrected chi connectivity index (χ1v) is 4.68. The fraction of sp³-hybridized carbons (Fsp3) is 0.167. The van der Waals surface area contributed by atoms with Crippen LogP contribution in [0, 0.1) is 13.5 Å². The Morgan fingerprint density at radius 3 is 2.86 bits per heavy atom. The third kappa shape index (κ3) is 1.61. The maximum Gasteiger partial charge on any atom is 0.0708 e. The quantitative estimate of drug-likeness (QED) is 0.776. The zero-order valence-electron chi connectivity index (χ0n) is 8.41. The van der Waals surface area contributed by atoms with Gasteiger partial charge in [0, 0.05) is 11.1 Å². The maximum absolute atomic E-state index is 4.47. The van der Waals surface area contributed by atoms with E-state index in [1.165, 1.54) is 10.9 Å². The molecule has 1 aromatic carbocycles. The van der Waals surface area contributed by atoms with Gasteiger partial charge in [0.05, 0.1) is 12.1 Å². The minimum absolute atomic E-state index is 1.05. The zero-order chi connectivity index (χ0) is 9.97. The molecule has 1 N–H and O–H groups in total. The van der Waals surface area contributed by atoms with Crippen LogP contribution in [0.15, 0.2) is 30.3 Å². The van der Waals surface area contributed by atoms with Gasteiger partial charge in [0.15, 0.2) is 0 Å². The summed E-state index contributed by atoms with van der Waals surface area (Å²) in [7, 11) is 1.91. The molecular formula is C12H13N2. The molecule has 0 aliphatic carbocycles. The van der Waals surface area contributed by atoms with Crippen molar-refractivity contribution >= 4 is 10.9 Å². The number of fused-ring (bicyclic) bond motifs is 1. The van der Waals surface area contributed by atoms with Crippen LogP contribution in [0.3, 0.4) is 0 Å². The summed E-state index contributed by atoms with van der Waals surface area (Å²) in [5.41, 5.74) is 3.29. The predicted octanol–water partition coefficient (Wildman–Crippen LogP) is 2.27. The topological polar surface area (TPSA) is 24.9 Å². The number of benzene rings is 1. The van der Waals surface area contributed by atoms with Gasteiger partial charge in [0.1, 0.15) is 0 Å². The minimum Gasteiger partial charge on any atom is -0.311 e. The molecule has 0 unspecified atom stereocenters. The van der Waals surface area contributed by atoms with Crippen LogP contribution in [0.2, 0.25) is 0 Å². The number of aryl methyl sites for hydroxylation is 1. The second-order valence-electron chi connectivity index (χ2n) is 3.30. The van der Waals surface area contributed by atoms with Gasteiger partial charge in [0.2, 0.25) is 0 Å². The summed E-state index contributed by atoms with van der Waals surface area (Å²) in [5, 5.41) is 4.24. The Labute approximate surface area is 84.0 Å². The van der Waals surface area contributed by atoms with Gasteiger partial charge in [-0.1, -0.05) is 18.2 Å². The molecule has 0 atom stereocenters. The van der Waals surface area contributed by atoms with Gasteiger partial charge in [0.25, 0.3) is 0 Å². The van der Waals surface area contributed by atoms with E-state index in [-0.39, 0.29) is 0 Å². The Hall–Kier alpha value is -1.41. The molecule has 0 aliphatic rings. The molecular weight excluding hydrogens is 172 g/mol. The van der Waals surface area contributed by atoms with Crippen molar-refractivity contribution in [3.8, 4) is 0 Å². The molecule has 2 aromatic rings. The highest BCUT2D eigenvalue weighted by Gasteiger charge is 2.01. The summed E-state index contributed by atoms with van der Waals surface area (Å²) in [5.74, 6) is 0. The van der Waals surface area contributed by atoms with E-state index in [9.17, 15) is 0 Å². The van der Waals surface area contributed by atoms with E-state index in [0.717, 1.165) is 11.2 Å². The average Bonchev–Trinajstić information content (AvgIpc) is 2.18. The molecule has 0 amide bonds. The van der Waals surface area contributed by atoms with Gasteiger partial charge >= 0.3 is 0 Å². The number of hydrogen-bond donors (Lipinski definition) is 1. The third-order valence-corrected chi connectivity index (χ3v) is 2.18. The minimum atomic E-state index is 1.05. The van der Waals surface area contributed by atoms with E-state index in [0.29, 0.717) is 0 Å². The number of aromatic nitrogens is 1. The van der Waals surface area contributed by atoms with Gasteiger partial charge in [-0.15, -0.1) is 0 Å². The van der Waals surface area contributed by atoms with Crippen LogP contribution in [-0.2, 0) is 0 Å². The second kappa shape index (κ2) is 3.76. The molecule has 2 rings (SSSR count). The normalized spacial score (nSPS) is 10.7. The largest absolute Gasteiger partial charge is 0.311 e. The summed E-state index contributed by atoms with van der Waals surface area (Å²) < 4.78 is 0. The standard InChI is InChI=1S/C12H13N2/c1-9-7-10(8-13-2)11-5-3-4-6-12(11)14-9/h3-8,13H,1-2H3. The molecule has 1 heterocycles. The Balaban J connectivity index is 2.67. The van der Waals surface area contributed by atoms with E-state index >= 15 is 0 Å². The van der Waals surface area contributed by atoms with Crippen molar-refractivity contribution in [1.29, 1.82) is 0 Å². The predicted molar refractivity (Wildman–Crippen MR) is 58.9 cm³/mol. The first kappa shape index (κ1) is 9.16. The fourth-order valence-corrected chi connectivity index (χ4v) is 1.62. The van der Waals surface area contributed by atoms with Crippen molar-refractivity contribution in [3.05, 3.63) is 48.1 Å². The van der Waals surface area contributed by atoms with Crippen molar-refractivity contribution in [3.63, 3.8) is 0 Å². The van der Waals surface area contributed by atoms with E-state index in [4.69, 9.17) is 0 Å². The van der Waals surface area contributed by atoms with Crippen molar-refractivity contribution in [2.24, 2.45) is 0 Å². The fourth-order valence-electron chi connectivity index (χ4n) is 1.62. The molecule has 2 heteroatoms. The molecule has 0 saturated heterocycles. The molecule has 0 aliphatic heterocycles. The molecule has 14 heavy (non-hydrogen) atoms. The summed E-state index contributed by atoms with van der Waals surface area (Å²) in [6.45, 7) is 4.01. The molecule has 0 spiro atoms. The summed E-state index contributed by atoms with van der Waals surface area (Å²) in [6, 6.07) is 10.3. The molecule has 1 aromatic heterocycles. The van der Waals surface area contributed by atoms with E-state index in [2.05, 4.69) is 22.4 Å². The van der Waals surface area contributed by atoms with Crippen LogP contribution in [0.4, 0.5) is 0 Å². The lowest BCUT2D eigenvalue weighted by atomic mass is 10.1. The highest BCUT2D eigenvalue weighted by molar-refractivity contribution is 5.83. The van der Waals surface area contributed by atoms with Crippen LogP contribution in [0.25, 0.3) is 10.9 Å².